The summed E-state index contributed by atoms with van der Waals surface area (Å²) in [5.74, 6) is 1.93. The molecule has 4 aromatic rings. The summed E-state index contributed by atoms with van der Waals surface area (Å²) in [6, 6.07) is 32.5. The minimum atomic E-state index is 0.353. The molecular formula is C37H46NO4+. The minimum absolute atomic E-state index is 0.353. The molecule has 222 valence electrons. The number of H-pyrrole nitrogens is 1. The highest BCUT2D eigenvalue weighted by molar-refractivity contribution is 5.39. The van der Waals surface area contributed by atoms with Gasteiger partial charge in [0.2, 0.25) is 5.75 Å². The lowest BCUT2D eigenvalue weighted by molar-refractivity contribution is -0.413. The molecule has 0 unspecified atom stereocenters. The Bertz CT molecular complexity index is 1270. The highest BCUT2D eigenvalue weighted by Crippen LogP contribution is 2.31. The normalized spacial score (nSPS) is 10.9. The summed E-state index contributed by atoms with van der Waals surface area (Å²) in [5, 5.41) is 0. The number of hydrogen-bond donors (Lipinski definition) is 0. The molecule has 0 saturated heterocycles. The fraction of sp³-hybridized carbons (Fsp3) is 0.378. The fourth-order valence-electron chi connectivity index (χ4n) is 4.71. The summed E-state index contributed by atoms with van der Waals surface area (Å²) in [6.45, 7) is 4.62. The number of aromatic nitrogens is 1. The predicted molar refractivity (Wildman–Crippen MR) is 168 cm³/mol. The van der Waals surface area contributed by atoms with Crippen LogP contribution in [-0.2, 0) is 31.2 Å². The van der Waals surface area contributed by atoms with Crippen molar-refractivity contribution in [2.24, 2.45) is 0 Å². The summed E-state index contributed by atoms with van der Waals surface area (Å²) in [5.41, 5.74) is 4.13. The topological polar surface area (TPSA) is 51.1 Å². The molecule has 0 atom stereocenters. The Labute approximate surface area is 251 Å². The van der Waals surface area contributed by atoms with Crippen molar-refractivity contribution < 1.29 is 23.9 Å². The van der Waals surface area contributed by atoms with Crippen LogP contribution in [0, 0.1) is 0 Å². The number of aromatic amines is 1. The first-order chi connectivity index (χ1) is 20.8. The molecule has 0 aliphatic carbocycles. The van der Waals surface area contributed by atoms with Crippen LogP contribution in [0.15, 0.2) is 97.1 Å². The molecular weight excluding hydrogens is 522 g/mol. The van der Waals surface area contributed by atoms with Crippen LogP contribution in [0.25, 0.3) is 0 Å². The van der Waals surface area contributed by atoms with E-state index in [9.17, 15) is 0 Å². The number of unbranched alkanes of at least 4 members (excludes halogenated alkanes) is 7. The molecule has 0 bridgehead atoms. The number of pyridine rings is 1. The molecule has 3 aromatic carbocycles. The molecule has 5 nitrogen and oxygen atoms in total. The molecule has 5 heteroatoms. The Morgan fingerprint density at radius 1 is 0.500 bits per heavy atom. The van der Waals surface area contributed by atoms with Crippen LogP contribution < -0.4 is 19.2 Å². The van der Waals surface area contributed by atoms with Gasteiger partial charge in [0.05, 0.1) is 13.2 Å². The van der Waals surface area contributed by atoms with Crippen LogP contribution in [0.1, 0.15) is 80.7 Å². The van der Waals surface area contributed by atoms with E-state index in [1.165, 1.54) is 38.5 Å². The van der Waals surface area contributed by atoms with Gasteiger partial charge in [-0.05, 0) is 23.1 Å². The summed E-state index contributed by atoms with van der Waals surface area (Å²) < 4.78 is 25.0. The van der Waals surface area contributed by atoms with Gasteiger partial charge < -0.3 is 18.9 Å². The zero-order chi connectivity index (χ0) is 29.1. The van der Waals surface area contributed by atoms with Crippen molar-refractivity contribution in [1.29, 1.82) is 0 Å². The van der Waals surface area contributed by atoms with E-state index >= 15 is 0 Å². The Balaban J connectivity index is 1.46. The third kappa shape index (κ3) is 11.2. The Morgan fingerprint density at radius 2 is 1.00 bits per heavy atom. The first kappa shape index (κ1) is 31.1. The van der Waals surface area contributed by atoms with Crippen molar-refractivity contribution in [2.75, 3.05) is 6.61 Å². The van der Waals surface area contributed by atoms with Crippen molar-refractivity contribution >= 4 is 0 Å². The van der Waals surface area contributed by atoms with Gasteiger partial charge in [0.25, 0.3) is 5.69 Å². The monoisotopic (exact) mass is 568 g/mol. The second-order valence-corrected chi connectivity index (χ2v) is 10.7. The van der Waals surface area contributed by atoms with Crippen LogP contribution in [-0.4, -0.2) is 6.61 Å². The molecule has 4 rings (SSSR count). The molecule has 1 aromatic heterocycles. The molecule has 0 spiro atoms. The number of nitrogens with one attached hydrogen (secondary N) is 1. The summed E-state index contributed by atoms with van der Waals surface area (Å²) >= 11 is 0. The van der Waals surface area contributed by atoms with Gasteiger partial charge in [0, 0.05) is 6.07 Å². The average molecular weight is 569 g/mol. The van der Waals surface area contributed by atoms with Crippen LogP contribution in [0.5, 0.6) is 17.4 Å². The van der Waals surface area contributed by atoms with Gasteiger partial charge >= 0.3 is 5.88 Å². The fourth-order valence-corrected chi connectivity index (χ4v) is 4.71. The minimum Gasteiger partial charge on any atom is -0.482 e. The molecule has 0 saturated carbocycles. The zero-order valence-corrected chi connectivity index (χ0v) is 25.1. The lowest BCUT2D eigenvalue weighted by atomic mass is 10.1. The Kier molecular flexibility index (Phi) is 13.8. The van der Waals surface area contributed by atoms with Crippen LogP contribution in [0.2, 0.25) is 0 Å². The summed E-state index contributed by atoms with van der Waals surface area (Å²) in [4.78, 5) is 3.47. The van der Waals surface area contributed by atoms with E-state index in [-0.39, 0.29) is 0 Å². The van der Waals surface area contributed by atoms with Gasteiger partial charge in [-0.2, -0.15) is 4.98 Å². The van der Waals surface area contributed by atoms with E-state index in [2.05, 4.69) is 48.3 Å². The van der Waals surface area contributed by atoms with Gasteiger partial charge in [0.15, 0.2) is 5.75 Å². The average Bonchev–Trinajstić information content (AvgIpc) is 3.04. The third-order valence-electron chi connectivity index (χ3n) is 7.12. The van der Waals surface area contributed by atoms with Crippen molar-refractivity contribution in [2.45, 2.75) is 84.7 Å². The molecule has 0 aliphatic rings. The van der Waals surface area contributed by atoms with Crippen LogP contribution >= 0.6 is 0 Å². The predicted octanol–water partition coefficient (Wildman–Crippen LogP) is 8.90. The first-order valence-corrected chi connectivity index (χ1v) is 15.5. The van der Waals surface area contributed by atoms with Gasteiger partial charge in [-0.1, -0.05) is 143 Å². The van der Waals surface area contributed by atoms with E-state index in [4.69, 9.17) is 18.9 Å². The standard InChI is InChI=1S/C37H45NO4/c1-2-3-4-5-6-7-8-18-25-40-37-36(42-29-33-23-16-11-17-24-33)26-35(41-28-32-21-14-10-15-22-32)34(38-37)30-39-27-31-19-12-9-13-20-31/h9-17,19-24,26H,2-8,18,25,27-30H2,1H3/p+1. The highest BCUT2D eigenvalue weighted by atomic mass is 16.5. The largest absolute Gasteiger partial charge is 0.482 e. The second kappa shape index (κ2) is 18.6. The van der Waals surface area contributed by atoms with Crippen molar-refractivity contribution in [1.82, 2.24) is 0 Å². The lowest BCUT2D eigenvalue weighted by Crippen LogP contribution is -2.20. The SMILES string of the molecule is CCCCCCCCCCOc1[nH+]c(COCc2ccccc2)c(OCc2ccccc2)cc1OCc1ccccc1. The molecule has 0 radical (unpaired) electrons. The first-order valence-electron chi connectivity index (χ1n) is 15.5. The zero-order valence-electron chi connectivity index (χ0n) is 25.1. The molecule has 0 aliphatic heterocycles. The summed E-state index contributed by atoms with van der Waals surface area (Å²) in [6.07, 6.45) is 10.0. The van der Waals surface area contributed by atoms with E-state index in [1.54, 1.807) is 0 Å². The van der Waals surface area contributed by atoms with Crippen molar-refractivity contribution in [3.05, 3.63) is 119 Å². The maximum absolute atomic E-state index is 6.32. The number of ether oxygens (including phenoxy) is 4. The van der Waals surface area contributed by atoms with E-state index in [1.807, 2.05) is 60.7 Å². The third-order valence-corrected chi connectivity index (χ3v) is 7.12. The molecule has 42 heavy (non-hydrogen) atoms. The van der Waals surface area contributed by atoms with Gasteiger partial charge in [-0.15, -0.1) is 0 Å². The smallest absolute Gasteiger partial charge is 0.410 e. The Hall–Kier alpha value is -3.83. The second-order valence-electron chi connectivity index (χ2n) is 10.7. The lowest BCUT2D eigenvalue weighted by Gasteiger charge is -2.13. The number of hydrogen-bond acceptors (Lipinski definition) is 4. The van der Waals surface area contributed by atoms with E-state index < -0.39 is 0 Å². The van der Waals surface area contributed by atoms with Crippen molar-refractivity contribution in [3.8, 4) is 17.4 Å². The van der Waals surface area contributed by atoms with Crippen LogP contribution in [0.4, 0.5) is 0 Å². The highest BCUT2D eigenvalue weighted by Gasteiger charge is 2.23. The van der Waals surface area contributed by atoms with Gasteiger partial charge in [0.1, 0.15) is 19.8 Å². The Morgan fingerprint density at radius 3 is 1.57 bits per heavy atom. The van der Waals surface area contributed by atoms with Gasteiger partial charge in [-0.3, -0.25) is 0 Å². The number of benzene rings is 3. The quantitative estimate of drug-likeness (QED) is 0.0999. The summed E-state index contributed by atoms with van der Waals surface area (Å²) in [7, 11) is 0. The maximum atomic E-state index is 6.32. The van der Waals surface area contributed by atoms with E-state index in [0.717, 1.165) is 35.2 Å². The molecule has 1 N–H and O–H groups in total. The molecule has 1 heterocycles. The molecule has 0 fully saturated rings. The van der Waals surface area contributed by atoms with Gasteiger partial charge in [-0.25, -0.2) is 0 Å². The van der Waals surface area contributed by atoms with Crippen LogP contribution in [0.3, 0.4) is 0 Å². The molecule has 0 amide bonds. The van der Waals surface area contributed by atoms with E-state index in [0.29, 0.717) is 50.4 Å². The number of rotatable bonds is 20. The van der Waals surface area contributed by atoms with Crippen molar-refractivity contribution in [3.63, 3.8) is 0 Å². The maximum Gasteiger partial charge on any atom is 0.410 e.